The minimum Gasteiger partial charge on any atom is -0.457 e. The van der Waals surface area contributed by atoms with Gasteiger partial charge in [0.1, 0.15) is 17.3 Å². The fraction of sp³-hybridized carbons (Fsp3) is 0.318. The first kappa shape index (κ1) is 19.9. The van der Waals surface area contributed by atoms with E-state index < -0.39 is 17.6 Å². The maximum absolute atomic E-state index is 14.5. The molecule has 0 atom stereocenters. The molecule has 2 fully saturated rings. The highest BCUT2D eigenvalue weighted by atomic mass is 19.1. The average Bonchev–Trinajstić information content (AvgIpc) is 3.43. The second kappa shape index (κ2) is 8.14. The van der Waals surface area contributed by atoms with E-state index in [2.05, 4.69) is 5.32 Å². The Hall–Kier alpha value is -3.42. The van der Waals surface area contributed by atoms with Gasteiger partial charge in [-0.15, -0.1) is 0 Å². The number of nitrogens with two attached hydrogens (primary N) is 1. The van der Waals surface area contributed by atoms with Gasteiger partial charge in [-0.1, -0.05) is 6.07 Å². The van der Waals surface area contributed by atoms with Crippen LogP contribution in [0.25, 0.3) is 0 Å². The quantitative estimate of drug-likeness (QED) is 0.731. The number of ether oxygens (including phenoxy) is 1. The van der Waals surface area contributed by atoms with E-state index in [1.807, 2.05) is 0 Å². The minimum atomic E-state index is -0.701. The van der Waals surface area contributed by atoms with Crippen LogP contribution in [0.3, 0.4) is 0 Å². The summed E-state index contributed by atoms with van der Waals surface area (Å²) in [5.74, 6) is -1.25. The minimum absolute atomic E-state index is 0.0528. The van der Waals surface area contributed by atoms with E-state index >= 15 is 0 Å². The molecule has 30 heavy (non-hydrogen) atoms. The fourth-order valence-electron chi connectivity index (χ4n) is 3.37. The number of halogens is 1. The van der Waals surface area contributed by atoms with Crippen LogP contribution in [0.5, 0.6) is 11.5 Å². The molecule has 3 N–H and O–H groups in total. The van der Waals surface area contributed by atoms with Crippen molar-refractivity contribution in [2.24, 2.45) is 5.73 Å². The summed E-state index contributed by atoms with van der Waals surface area (Å²) in [6.45, 7) is 0.965. The number of carbonyl (C=O) groups excluding carboxylic acids is 3. The van der Waals surface area contributed by atoms with Gasteiger partial charge >= 0.3 is 0 Å². The van der Waals surface area contributed by atoms with Gasteiger partial charge in [-0.3, -0.25) is 14.4 Å². The van der Waals surface area contributed by atoms with Crippen LogP contribution in [0.4, 0.5) is 4.39 Å². The van der Waals surface area contributed by atoms with E-state index in [1.54, 1.807) is 17.0 Å². The SMILES string of the molecule is NC(=O)c1ccc(CN2CCCC2=O)c(Oc2ccc(C(=O)NC3CC3)c(F)c2)c1. The zero-order valence-corrected chi connectivity index (χ0v) is 16.3. The van der Waals surface area contributed by atoms with E-state index in [1.165, 1.54) is 18.2 Å². The van der Waals surface area contributed by atoms with Crippen LogP contribution in [0.2, 0.25) is 0 Å². The Labute approximate surface area is 173 Å². The lowest BCUT2D eigenvalue weighted by Gasteiger charge is -2.19. The number of primary amides is 1. The zero-order chi connectivity index (χ0) is 21.3. The molecule has 4 rings (SSSR count). The van der Waals surface area contributed by atoms with Crippen molar-refractivity contribution in [3.05, 3.63) is 58.9 Å². The summed E-state index contributed by atoms with van der Waals surface area (Å²) in [5.41, 5.74) is 6.23. The smallest absolute Gasteiger partial charge is 0.254 e. The van der Waals surface area contributed by atoms with Crippen LogP contribution in [0.1, 0.15) is 52.0 Å². The largest absolute Gasteiger partial charge is 0.457 e. The zero-order valence-electron chi connectivity index (χ0n) is 16.3. The van der Waals surface area contributed by atoms with Crippen molar-refractivity contribution >= 4 is 17.7 Å². The number of benzene rings is 2. The summed E-state index contributed by atoms with van der Waals surface area (Å²) in [5, 5.41) is 2.75. The van der Waals surface area contributed by atoms with Crippen molar-refractivity contribution in [2.45, 2.75) is 38.3 Å². The van der Waals surface area contributed by atoms with Gasteiger partial charge in [0, 0.05) is 42.7 Å². The molecule has 1 aliphatic heterocycles. The standard InChI is InChI=1S/C22H22FN3O4/c23-18-11-16(7-8-17(18)22(29)25-15-5-6-15)30-19-10-13(21(24)28)3-4-14(19)12-26-9-1-2-20(26)27/h3-4,7-8,10-11,15H,1-2,5-6,9,12H2,(H2,24,28)(H,25,29). The molecule has 7 nitrogen and oxygen atoms in total. The van der Waals surface area contributed by atoms with Crippen LogP contribution in [-0.2, 0) is 11.3 Å². The summed E-state index contributed by atoms with van der Waals surface area (Å²) in [4.78, 5) is 37.4. The van der Waals surface area contributed by atoms with Crippen LogP contribution >= 0.6 is 0 Å². The van der Waals surface area contributed by atoms with Crippen LogP contribution in [0, 0.1) is 5.82 Å². The third-order valence-corrected chi connectivity index (χ3v) is 5.21. The normalized spacial score (nSPS) is 15.9. The maximum atomic E-state index is 14.5. The number of likely N-dealkylation sites (tertiary alicyclic amines) is 1. The molecule has 1 saturated carbocycles. The van der Waals surface area contributed by atoms with E-state index in [0.717, 1.165) is 25.3 Å². The molecule has 3 amide bonds. The predicted molar refractivity (Wildman–Crippen MR) is 107 cm³/mol. The lowest BCUT2D eigenvalue weighted by molar-refractivity contribution is -0.128. The van der Waals surface area contributed by atoms with Gasteiger partial charge in [-0.05, 0) is 43.5 Å². The number of hydrogen-bond acceptors (Lipinski definition) is 4. The van der Waals surface area contributed by atoms with Gasteiger partial charge in [0.05, 0.1) is 5.56 Å². The topological polar surface area (TPSA) is 102 Å². The Morgan fingerprint density at radius 3 is 2.63 bits per heavy atom. The van der Waals surface area contributed by atoms with Crippen molar-refractivity contribution in [3.63, 3.8) is 0 Å². The van der Waals surface area contributed by atoms with Crippen molar-refractivity contribution in [1.29, 1.82) is 0 Å². The number of amides is 3. The summed E-state index contributed by atoms with van der Waals surface area (Å²) in [7, 11) is 0. The first-order chi connectivity index (χ1) is 14.4. The Bertz CT molecular complexity index is 1020. The monoisotopic (exact) mass is 411 g/mol. The Kier molecular flexibility index (Phi) is 5.39. The molecule has 1 aliphatic carbocycles. The average molecular weight is 411 g/mol. The highest BCUT2D eigenvalue weighted by molar-refractivity contribution is 5.95. The summed E-state index contributed by atoms with van der Waals surface area (Å²) in [6.07, 6.45) is 3.12. The lowest BCUT2D eigenvalue weighted by atomic mass is 10.1. The molecule has 156 valence electrons. The van der Waals surface area contributed by atoms with Gasteiger partial charge in [0.2, 0.25) is 11.8 Å². The number of nitrogens with zero attached hydrogens (tertiary/aromatic N) is 1. The molecule has 0 aromatic heterocycles. The van der Waals surface area contributed by atoms with Crippen LogP contribution in [-0.4, -0.2) is 35.2 Å². The van der Waals surface area contributed by atoms with Crippen LogP contribution < -0.4 is 15.8 Å². The van der Waals surface area contributed by atoms with Crippen LogP contribution in [0.15, 0.2) is 36.4 Å². The molecular weight excluding hydrogens is 389 g/mol. The molecule has 2 aliphatic rings. The molecule has 2 aromatic carbocycles. The van der Waals surface area contributed by atoms with Gasteiger partial charge in [0.15, 0.2) is 0 Å². The van der Waals surface area contributed by atoms with E-state index in [4.69, 9.17) is 10.5 Å². The molecule has 0 unspecified atom stereocenters. The molecule has 8 heteroatoms. The first-order valence-corrected chi connectivity index (χ1v) is 9.89. The third kappa shape index (κ3) is 4.42. The van der Waals surface area contributed by atoms with Crippen molar-refractivity contribution in [3.8, 4) is 11.5 Å². The van der Waals surface area contributed by atoms with E-state index in [-0.39, 0.29) is 28.8 Å². The van der Waals surface area contributed by atoms with Gasteiger partial charge in [0.25, 0.3) is 5.91 Å². The van der Waals surface area contributed by atoms with Gasteiger partial charge in [-0.25, -0.2) is 4.39 Å². The second-order valence-corrected chi connectivity index (χ2v) is 7.60. The summed E-state index contributed by atoms with van der Waals surface area (Å²) < 4.78 is 20.3. The molecule has 0 spiro atoms. The number of hydrogen-bond donors (Lipinski definition) is 2. The molecule has 1 saturated heterocycles. The summed E-state index contributed by atoms with van der Waals surface area (Å²) in [6, 6.07) is 8.83. The highest BCUT2D eigenvalue weighted by Gasteiger charge is 2.25. The molecule has 1 heterocycles. The van der Waals surface area contributed by atoms with Crippen molar-refractivity contribution in [1.82, 2.24) is 10.2 Å². The molecule has 0 bridgehead atoms. The first-order valence-electron chi connectivity index (χ1n) is 9.89. The highest BCUT2D eigenvalue weighted by Crippen LogP contribution is 2.30. The molecule has 0 radical (unpaired) electrons. The maximum Gasteiger partial charge on any atom is 0.254 e. The van der Waals surface area contributed by atoms with E-state index in [0.29, 0.717) is 30.8 Å². The second-order valence-electron chi connectivity index (χ2n) is 7.60. The van der Waals surface area contributed by atoms with Gasteiger partial charge < -0.3 is 20.7 Å². The fourth-order valence-corrected chi connectivity index (χ4v) is 3.37. The number of carbonyl (C=O) groups is 3. The third-order valence-electron chi connectivity index (χ3n) is 5.21. The van der Waals surface area contributed by atoms with Crippen molar-refractivity contribution < 1.29 is 23.5 Å². The Morgan fingerprint density at radius 1 is 1.20 bits per heavy atom. The lowest BCUT2D eigenvalue weighted by Crippen LogP contribution is -2.26. The van der Waals surface area contributed by atoms with Crippen molar-refractivity contribution in [2.75, 3.05) is 6.54 Å². The summed E-state index contributed by atoms with van der Waals surface area (Å²) >= 11 is 0. The Morgan fingerprint density at radius 2 is 2.00 bits per heavy atom. The van der Waals surface area contributed by atoms with Gasteiger partial charge in [-0.2, -0.15) is 0 Å². The molecular formula is C22H22FN3O4. The predicted octanol–water partition coefficient (Wildman–Crippen LogP) is 2.73. The number of nitrogens with one attached hydrogen (secondary N) is 1. The Balaban J connectivity index is 1.58. The van der Waals surface area contributed by atoms with E-state index in [9.17, 15) is 18.8 Å². The molecule has 2 aromatic rings. The number of rotatable bonds is 7.